The van der Waals surface area contributed by atoms with Crippen LogP contribution in [0, 0.1) is 5.41 Å². The fraction of sp³-hybridized carbons (Fsp3) is 0.857. The number of carboxylic acid groups (broad SMARTS) is 1. The molecule has 0 aromatic rings. The summed E-state index contributed by atoms with van der Waals surface area (Å²) in [4.78, 5) is 10.5. The van der Waals surface area contributed by atoms with Gasteiger partial charge in [0.25, 0.3) is 0 Å². The average molecular weight is 178 g/mol. The lowest BCUT2D eigenvalue weighted by Crippen LogP contribution is -2.25. The predicted octanol–water partition coefficient (Wildman–Crippen LogP) is 0.866. The van der Waals surface area contributed by atoms with Gasteiger partial charge in [-0.3, -0.25) is 9.00 Å². The van der Waals surface area contributed by atoms with Crippen molar-refractivity contribution in [2.75, 3.05) is 12.0 Å². The normalized spacial score (nSPS) is 14.5. The van der Waals surface area contributed by atoms with Crippen LogP contribution < -0.4 is 0 Å². The van der Waals surface area contributed by atoms with Crippen LogP contribution in [0.25, 0.3) is 0 Å². The largest absolute Gasteiger partial charge is 0.481 e. The third kappa shape index (κ3) is 4.14. The molecule has 0 aliphatic carbocycles. The van der Waals surface area contributed by atoms with Crippen LogP contribution in [0.4, 0.5) is 0 Å². The Balaban J connectivity index is 3.92. The lowest BCUT2D eigenvalue weighted by atomic mass is 9.91. The van der Waals surface area contributed by atoms with Crippen LogP contribution in [-0.4, -0.2) is 27.3 Å². The zero-order valence-corrected chi connectivity index (χ0v) is 7.90. The predicted molar refractivity (Wildman–Crippen MR) is 45.0 cm³/mol. The molecule has 0 aliphatic heterocycles. The highest BCUT2D eigenvalue weighted by molar-refractivity contribution is 7.84. The van der Waals surface area contributed by atoms with Crippen molar-refractivity contribution in [1.82, 2.24) is 0 Å². The van der Waals surface area contributed by atoms with E-state index in [4.69, 9.17) is 5.11 Å². The van der Waals surface area contributed by atoms with Crippen LogP contribution in [0.2, 0.25) is 0 Å². The topological polar surface area (TPSA) is 54.4 Å². The molecule has 66 valence electrons. The van der Waals surface area contributed by atoms with Crippen molar-refractivity contribution in [3.05, 3.63) is 0 Å². The minimum atomic E-state index is -0.892. The highest BCUT2D eigenvalue weighted by Crippen LogP contribution is 2.20. The maximum absolute atomic E-state index is 10.6. The van der Waals surface area contributed by atoms with Crippen molar-refractivity contribution in [3.63, 3.8) is 0 Å². The molecule has 0 aromatic carbocycles. The molecule has 0 saturated heterocycles. The van der Waals surface area contributed by atoms with Gasteiger partial charge in [-0.2, -0.15) is 0 Å². The molecule has 0 aromatic heterocycles. The van der Waals surface area contributed by atoms with Crippen molar-refractivity contribution in [2.24, 2.45) is 5.41 Å². The summed E-state index contributed by atoms with van der Waals surface area (Å²) in [6, 6.07) is 0. The number of carboxylic acids is 1. The second kappa shape index (κ2) is 3.85. The molecule has 0 aliphatic rings. The molecule has 0 amide bonds. The lowest BCUT2D eigenvalue weighted by Gasteiger charge is -2.17. The molecule has 0 spiro atoms. The molecule has 0 bridgehead atoms. The molecule has 0 fully saturated rings. The SMILES string of the molecule is CS(=O)CCC(C)(C)C(=O)O. The second-order valence-corrected chi connectivity index (χ2v) is 4.77. The first kappa shape index (κ1) is 10.6. The summed E-state index contributed by atoms with van der Waals surface area (Å²) < 4.78 is 10.6. The molecule has 0 rings (SSSR count). The summed E-state index contributed by atoms with van der Waals surface area (Å²) in [6.07, 6.45) is 2.05. The summed E-state index contributed by atoms with van der Waals surface area (Å²) >= 11 is 0. The Hall–Kier alpha value is -0.380. The summed E-state index contributed by atoms with van der Waals surface area (Å²) in [5.74, 6) is -0.373. The van der Waals surface area contributed by atoms with E-state index in [-0.39, 0.29) is 0 Å². The van der Waals surface area contributed by atoms with Gasteiger partial charge in [0.2, 0.25) is 0 Å². The molecule has 0 saturated carbocycles. The standard InChI is InChI=1S/C7H14O3S/c1-7(2,6(8)9)4-5-11(3)10/h4-5H2,1-3H3,(H,8,9). The maximum Gasteiger partial charge on any atom is 0.309 e. The zero-order chi connectivity index (χ0) is 9.07. The second-order valence-electron chi connectivity index (χ2n) is 3.22. The Labute approximate surface area is 69.3 Å². The number of hydrogen-bond donors (Lipinski definition) is 1. The Morgan fingerprint density at radius 3 is 2.27 bits per heavy atom. The molecule has 3 nitrogen and oxygen atoms in total. The van der Waals surface area contributed by atoms with Crippen molar-refractivity contribution < 1.29 is 14.1 Å². The van der Waals surface area contributed by atoms with Gasteiger partial charge >= 0.3 is 5.97 Å². The third-order valence-electron chi connectivity index (χ3n) is 1.59. The van der Waals surface area contributed by atoms with Crippen molar-refractivity contribution >= 4 is 16.8 Å². The number of hydrogen-bond acceptors (Lipinski definition) is 2. The van der Waals surface area contributed by atoms with Gasteiger partial charge in [-0.05, 0) is 20.3 Å². The Kier molecular flexibility index (Phi) is 3.72. The third-order valence-corrected chi connectivity index (χ3v) is 2.37. The van der Waals surface area contributed by atoms with Crippen LogP contribution in [0.3, 0.4) is 0 Å². The van der Waals surface area contributed by atoms with Crippen LogP contribution >= 0.6 is 0 Å². The smallest absolute Gasteiger partial charge is 0.309 e. The highest BCUT2D eigenvalue weighted by atomic mass is 32.2. The fourth-order valence-corrected chi connectivity index (χ4v) is 1.30. The minimum absolute atomic E-state index is 0.458. The van der Waals surface area contributed by atoms with Gasteiger partial charge < -0.3 is 5.11 Å². The molecular weight excluding hydrogens is 164 g/mol. The first-order valence-corrected chi connectivity index (χ1v) is 5.12. The Morgan fingerprint density at radius 2 is 2.00 bits per heavy atom. The molecule has 0 heterocycles. The van der Waals surface area contributed by atoms with Gasteiger partial charge in [0.1, 0.15) is 0 Å². The van der Waals surface area contributed by atoms with Crippen LogP contribution in [0.1, 0.15) is 20.3 Å². The first-order valence-electron chi connectivity index (χ1n) is 3.39. The van der Waals surface area contributed by atoms with Crippen molar-refractivity contribution in [3.8, 4) is 0 Å². The van der Waals surface area contributed by atoms with E-state index >= 15 is 0 Å². The number of aliphatic carboxylic acids is 1. The first-order chi connectivity index (χ1) is 4.86. The van der Waals surface area contributed by atoms with E-state index in [2.05, 4.69) is 0 Å². The van der Waals surface area contributed by atoms with E-state index in [1.165, 1.54) is 0 Å². The molecular formula is C7H14O3S. The van der Waals surface area contributed by atoms with Crippen LogP contribution in [0.15, 0.2) is 0 Å². The molecule has 11 heavy (non-hydrogen) atoms. The quantitative estimate of drug-likeness (QED) is 0.694. The van der Waals surface area contributed by atoms with Gasteiger partial charge in [0.05, 0.1) is 5.41 Å². The number of carbonyl (C=O) groups is 1. The van der Waals surface area contributed by atoms with E-state index in [1.807, 2.05) is 0 Å². The van der Waals surface area contributed by atoms with E-state index < -0.39 is 22.2 Å². The van der Waals surface area contributed by atoms with E-state index in [9.17, 15) is 9.00 Å². The summed E-state index contributed by atoms with van der Waals surface area (Å²) in [5, 5.41) is 8.66. The Morgan fingerprint density at radius 1 is 1.55 bits per heavy atom. The van der Waals surface area contributed by atoms with Crippen LogP contribution in [0.5, 0.6) is 0 Å². The Bertz CT molecular complexity index is 175. The summed E-state index contributed by atoms with van der Waals surface area (Å²) in [7, 11) is -0.892. The maximum atomic E-state index is 10.6. The molecule has 0 radical (unpaired) electrons. The summed E-state index contributed by atoms with van der Waals surface area (Å²) in [5.41, 5.74) is -0.744. The van der Waals surface area contributed by atoms with E-state index in [0.717, 1.165) is 0 Å². The van der Waals surface area contributed by atoms with Crippen molar-refractivity contribution in [2.45, 2.75) is 20.3 Å². The zero-order valence-electron chi connectivity index (χ0n) is 7.09. The fourth-order valence-electron chi connectivity index (χ4n) is 0.506. The number of rotatable bonds is 4. The minimum Gasteiger partial charge on any atom is -0.481 e. The average Bonchev–Trinajstić information content (AvgIpc) is 1.84. The molecule has 1 unspecified atom stereocenters. The molecule has 1 N–H and O–H groups in total. The van der Waals surface area contributed by atoms with Gasteiger partial charge in [0.15, 0.2) is 0 Å². The van der Waals surface area contributed by atoms with E-state index in [0.29, 0.717) is 12.2 Å². The van der Waals surface area contributed by atoms with Gasteiger partial charge in [-0.1, -0.05) is 0 Å². The van der Waals surface area contributed by atoms with Crippen molar-refractivity contribution in [1.29, 1.82) is 0 Å². The summed E-state index contributed by atoms with van der Waals surface area (Å²) in [6.45, 7) is 3.28. The van der Waals surface area contributed by atoms with Crippen LogP contribution in [-0.2, 0) is 15.6 Å². The highest BCUT2D eigenvalue weighted by Gasteiger charge is 2.26. The van der Waals surface area contributed by atoms with Gasteiger partial charge in [-0.25, -0.2) is 0 Å². The lowest BCUT2D eigenvalue weighted by molar-refractivity contribution is -0.146. The van der Waals surface area contributed by atoms with Gasteiger partial charge in [-0.15, -0.1) is 0 Å². The monoisotopic (exact) mass is 178 g/mol. The van der Waals surface area contributed by atoms with Gasteiger partial charge in [0, 0.05) is 22.8 Å². The molecule has 1 atom stereocenters. The van der Waals surface area contributed by atoms with E-state index in [1.54, 1.807) is 20.1 Å². The molecule has 4 heteroatoms.